The summed E-state index contributed by atoms with van der Waals surface area (Å²) in [6, 6.07) is 17.5. The molecule has 0 spiro atoms. The summed E-state index contributed by atoms with van der Waals surface area (Å²) in [6.45, 7) is 0. The van der Waals surface area contributed by atoms with Crippen LogP contribution in [0.5, 0.6) is 5.75 Å². The van der Waals surface area contributed by atoms with Crippen LogP contribution < -0.4 is 15.4 Å². The smallest absolute Gasteiger partial charge is 0.276 e. The molecule has 2 heterocycles. The third-order valence-corrected chi connectivity index (χ3v) is 4.53. The molecule has 9 heteroatoms. The molecule has 2 amide bonds. The van der Waals surface area contributed by atoms with Crippen LogP contribution in [0.1, 0.15) is 21.0 Å². The van der Waals surface area contributed by atoms with E-state index in [-0.39, 0.29) is 11.8 Å². The van der Waals surface area contributed by atoms with Gasteiger partial charge in [0.05, 0.1) is 12.8 Å². The van der Waals surface area contributed by atoms with Crippen molar-refractivity contribution in [2.24, 2.45) is 7.05 Å². The van der Waals surface area contributed by atoms with Crippen LogP contribution in [-0.4, -0.2) is 38.9 Å². The SMILES string of the molecule is COc1ccc(-c2cc(C(=O)Nc3cccc(NC(=O)c4ccn(C)n4)c3)[nH]n2)cc1. The highest BCUT2D eigenvalue weighted by atomic mass is 16.5. The normalized spacial score (nSPS) is 10.5. The van der Waals surface area contributed by atoms with Crippen molar-refractivity contribution < 1.29 is 14.3 Å². The molecule has 0 saturated heterocycles. The molecule has 0 atom stereocenters. The first-order valence-electron chi connectivity index (χ1n) is 9.44. The Morgan fingerprint density at radius 1 is 0.968 bits per heavy atom. The van der Waals surface area contributed by atoms with Crippen LogP contribution in [0.2, 0.25) is 0 Å². The zero-order valence-electron chi connectivity index (χ0n) is 16.9. The Labute approximate surface area is 178 Å². The first-order chi connectivity index (χ1) is 15.0. The number of aromatic amines is 1. The van der Waals surface area contributed by atoms with Gasteiger partial charge in [-0.15, -0.1) is 0 Å². The lowest BCUT2D eigenvalue weighted by molar-refractivity contribution is 0.101. The Bertz CT molecular complexity index is 1230. The van der Waals surface area contributed by atoms with Gasteiger partial charge in [0.25, 0.3) is 11.8 Å². The van der Waals surface area contributed by atoms with Gasteiger partial charge in [0.1, 0.15) is 11.4 Å². The molecular weight excluding hydrogens is 396 g/mol. The zero-order chi connectivity index (χ0) is 21.8. The van der Waals surface area contributed by atoms with Gasteiger partial charge >= 0.3 is 0 Å². The fourth-order valence-corrected chi connectivity index (χ4v) is 2.95. The van der Waals surface area contributed by atoms with E-state index in [1.54, 1.807) is 61.4 Å². The highest BCUT2D eigenvalue weighted by molar-refractivity contribution is 6.05. The largest absolute Gasteiger partial charge is 0.497 e. The molecule has 9 nitrogen and oxygen atoms in total. The van der Waals surface area contributed by atoms with Crippen LogP contribution >= 0.6 is 0 Å². The summed E-state index contributed by atoms with van der Waals surface area (Å²) in [4.78, 5) is 24.9. The maximum Gasteiger partial charge on any atom is 0.276 e. The number of aromatic nitrogens is 4. The number of anilines is 2. The summed E-state index contributed by atoms with van der Waals surface area (Å²) < 4.78 is 6.70. The van der Waals surface area contributed by atoms with E-state index >= 15 is 0 Å². The average molecular weight is 416 g/mol. The Kier molecular flexibility index (Phi) is 5.48. The molecule has 4 rings (SSSR count). The van der Waals surface area contributed by atoms with E-state index in [2.05, 4.69) is 25.9 Å². The second-order valence-corrected chi connectivity index (χ2v) is 6.76. The standard InChI is InChI=1S/C22H20N6O3/c1-28-11-10-18(27-28)21(29)23-15-4-3-5-16(12-15)24-22(30)20-13-19(25-26-20)14-6-8-17(31-2)9-7-14/h3-13H,1-2H3,(H,23,29)(H,24,30)(H,25,26). The fourth-order valence-electron chi connectivity index (χ4n) is 2.95. The van der Waals surface area contributed by atoms with Crippen LogP contribution in [0.4, 0.5) is 11.4 Å². The number of nitrogens with zero attached hydrogens (tertiary/aromatic N) is 3. The molecule has 2 aromatic carbocycles. The molecule has 31 heavy (non-hydrogen) atoms. The molecular formula is C22H20N6O3. The Morgan fingerprint density at radius 2 is 1.68 bits per heavy atom. The van der Waals surface area contributed by atoms with Gasteiger partial charge in [-0.05, 0) is 54.6 Å². The number of aryl methyl sites for hydroxylation is 1. The van der Waals surface area contributed by atoms with E-state index in [4.69, 9.17) is 4.74 Å². The molecule has 0 unspecified atom stereocenters. The average Bonchev–Trinajstić information content (AvgIpc) is 3.44. The first kappa shape index (κ1) is 19.9. The number of amides is 2. The number of benzene rings is 2. The van der Waals surface area contributed by atoms with Crippen molar-refractivity contribution in [1.29, 1.82) is 0 Å². The van der Waals surface area contributed by atoms with Gasteiger partial charge in [-0.1, -0.05) is 6.07 Å². The third kappa shape index (κ3) is 4.61. The number of nitrogens with one attached hydrogen (secondary N) is 3. The molecule has 0 aliphatic carbocycles. The molecule has 0 saturated carbocycles. The van der Waals surface area contributed by atoms with Gasteiger partial charge in [-0.2, -0.15) is 10.2 Å². The van der Waals surface area contributed by atoms with Crippen LogP contribution in [0.15, 0.2) is 66.9 Å². The van der Waals surface area contributed by atoms with Crippen LogP contribution in [-0.2, 0) is 7.05 Å². The van der Waals surface area contributed by atoms with E-state index in [0.717, 1.165) is 11.3 Å². The molecule has 4 aromatic rings. The Morgan fingerprint density at radius 3 is 2.32 bits per heavy atom. The van der Waals surface area contributed by atoms with E-state index in [1.807, 2.05) is 24.3 Å². The van der Waals surface area contributed by atoms with E-state index in [9.17, 15) is 9.59 Å². The topological polar surface area (TPSA) is 114 Å². The zero-order valence-corrected chi connectivity index (χ0v) is 16.9. The number of hydrogen-bond acceptors (Lipinski definition) is 5. The second-order valence-electron chi connectivity index (χ2n) is 6.76. The van der Waals surface area contributed by atoms with Crippen LogP contribution in [0.3, 0.4) is 0 Å². The first-order valence-corrected chi connectivity index (χ1v) is 9.44. The number of rotatable bonds is 6. The molecule has 0 fully saturated rings. The molecule has 0 aliphatic rings. The monoisotopic (exact) mass is 416 g/mol. The number of methoxy groups -OCH3 is 1. The van der Waals surface area contributed by atoms with Gasteiger partial charge in [0.2, 0.25) is 0 Å². The number of hydrogen-bond donors (Lipinski definition) is 3. The Balaban J connectivity index is 1.43. The van der Waals surface area contributed by atoms with Crippen molar-refractivity contribution in [3.05, 3.63) is 78.2 Å². The molecule has 0 aliphatic heterocycles. The molecule has 2 aromatic heterocycles. The minimum absolute atomic E-state index is 0.306. The molecule has 0 radical (unpaired) electrons. The predicted octanol–water partition coefficient (Wildman–Crippen LogP) is 3.32. The minimum Gasteiger partial charge on any atom is -0.497 e. The summed E-state index contributed by atoms with van der Waals surface area (Å²) in [5, 5.41) is 16.6. The van der Waals surface area contributed by atoms with E-state index < -0.39 is 0 Å². The highest BCUT2D eigenvalue weighted by Gasteiger charge is 2.13. The van der Waals surface area contributed by atoms with Crippen molar-refractivity contribution >= 4 is 23.2 Å². The van der Waals surface area contributed by atoms with E-state index in [0.29, 0.717) is 28.5 Å². The van der Waals surface area contributed by atoms with Gasteiger partial charge < -0.3 is 15.4 Å². The minimum atomic E-state index is -0.347. The van der Waals surface area contributed by atoms with Crippen molar-refractivity contribution in [3.8, 4) is 17.0 Å². The maximum atomic E-state index is 12.6. The number of carbonyl (C=O) groups is 2. The Hall–Kier alpha value is -4.40. The predicted molar refractivity (Wildman–Crippen MR) is 116 cm³/mol. The summed E-state index contributed by atoms with van der Waals surface area (Å²) in [6.07, 6.45) is 1.69. The second kappa shape index (κ2) is 8.54. The van der Waals surface area contributed by atoms with Crippen molar-refractivity contribution in [3.63, 3.8) is 0 Å². The van der Waals surface area contributed by atoms with Crippen LogP contribution in [0.25, 0.3) is 11.3 Å². The van der Waals surface area contributed by atoms with Gasteiger partial charge in [0.15, 0.2) is 5.69 Å². The van der Waals surface area contributed by atoms with Crippen LogP contribution in [0, 0.1) is 0 Å². The summed E-state index contributed by atoms with van der Waals surface area (Å²) in [5.74, 6) is 0.0644. The van der Waals surface area contributed by atoms with Crippen molar-refractivity contribution in [2.75, 3.05) is 17.7 Å². The lowest BCUT2D eigenvalue weighted by Gasteiger charge is -2.07. The third-order valence-electron chi connectivity index (χ3n) is 4.53. The highest BCUT2D eigenvalue weighted by Crippen LogP contribution is 2.22. The summed E-state index contributed by atoms with van der Waals surface area (Å²) >= 11 is 0. The summed E-state index contributed by atoms with van der Waals surface area (Å²) in [5.41, 5.74) is 3.19. The number of H-pyrrole nitrogens is 1. The van der Waals surface area contributed by atoms with Crippen molar-refractivity contribution in [2.45, 2.75) is 0 Å². The van der Waals surface area contributed by atoms with Gasteiger partial charge in [-0.25, -0.2) is 0 Å². The maximum absolute atomic E-state index is 12.6. The molecule has 3 N–H and O–H groups in total. The lowest BCUT2D eigenvalue weighted by atomic mass is 10.1. The number of ether oxygens (including phenoxy) is 1. The lowest BCUT2D eigenvalue weighted by Crippen LogP contribution is -2.14. The molecule has 156 valence electrons. The van der Waals surface area contributed by atoms with Gasteiger partial charge in [-0.3, -0.25) is 19.4 Å². The summed E-state index contributed by atoms with van der Waals surface area (Å²) in [7, 11) is 3.34. The van der Waals surface area contributed by atoms with Crippen molar-refractivity contribution in [1.82, 2.24) is 20.0 Å². The molecule has 0 bridgehead atoms. The number of carbonyl (C=O) groups excluding carboxylic acids is 2. The van der Waals surface area contributed by atoms with E-state index in [1.165, 1.54) is 0 Å². The quantitative estimate of drug-likeness (QED) is 0.446. The fraction of sp³-hybridized carbons (Fsp3) is 0.0909. The van der Waals surface area contributed by atoms with Gasteiger partial charge in [0, 0.05) is 30.2 Å².